The van der Waals surface area contributed by atoms with Crippen LogP contribution >= 0.6 is 0 Å². The zero-order chi connectivity index (χ0) is 12.3. The van der Waals surface area contributed by atoms with Crippen LogP contribution in [0.5, 0.6) is 0 Å². The van der Waals surface area contributed by atoms with Gasteiger partial charge in [0.1, 0.15) is 5.78 Å². The van der Waals surface area contributed by atoms with E-state index in [1.54, 1.807) is 6.07 Å². The molecule has 0 radical (unpaired) electrons. The second kappa shape index (κ2) is 5.13. The lowest BCUT2D eigenvalue weighted by molar-refractivity contribution is -0.120. The molecule has 1 fully saturated rings. The second-order valence-corrected chi connectivity index (χ2v) is 4.43. The number of carbonyl (C=O) groups is 2. The summed E-state index contributed by atoms with van der Waals surface area (Å²) in [6, 6.07) is 7.53. The van der Waals surface area contributed by atoms with Gasteiger partial charge in [-0.2, -0.15) is 0 Å². The number of carbonyl (C=O) groups excluding carboxylic acids is 2. The Morgan fingerprint density at radius 3 is 2.65 bits per heavy atom. The summed E-state index contributed by atoms with van der Waals surface area (Å²) in [6.07, 6.45) is 3.10. The highest BCUT2D eigenvalue weighted by Gasteiger charge is 2.20. The van der Waals surface area contributed by atoms with Crippen molar-refractivity contribution in [2.24, 2.45) is 0 Å². The Hall–Kier alpha value is -1.64. The molecule has 0 N–H and O–H groups in total. The summed E-state index contributed by atoms with van der Waals surface area (Å²) >= 11 is 0. The van der Waals surface area contributed by atoms with E-state index in [0.717, 1.165) is 18.4 Å². The van der Waals surface area contributed by atoms with Gasteiger partial charge in [0.15, 0.2) is 0 Å². The molecule has 0 spiro atoms. The number of ketones is 1. The maximum Gasteiger partial charge on any atom is 0.337 e. The molecule has 0 atom stereocenters. The van der Waals surface area contributed by atoms with Crippen molar-refractivity contribution in [2.45, 2.75) is 31.6 Å². The zero-order valence-electron chi connectivity index (χ0n) is 9.94. The van der Waals surface area contributed by atoms with Crippen LogP contribution in [0, 0.1) is 0 Å². The molecule has 1 aliphatic carbocycles. The summed E-state index contributed by atoms with van der Waals surface area (Å²) in [6.45, 7) is 0. The van der Waals surface area contributed by atoms with Crippen molar-refractivity contribution >= 4 is 11.8 Å². The summed E-state index contributed by atoms with van der Waals surface area (Å²) in [4.78, 5) is 22.6. The third kappa shape index (κ3) is 2.73. The Balaban J connectivity index is 2.16. The molecule has 90 valence electrons. The fraction of sp³-hybridized carbons (Fsp3) is 0.429. The van der Waals surface area contributed by atoms with Crippen LogP contribution in [-0.2, 0) is 9.53 Å². The quantitative estimate of drug-likeness (QED) is 0.736. The van der Waals surface area contributed by atoms with Gasteiger partial charge in [-0.25, -0.2) is 4.79 Å². The van der Waals surface area contributed by atoms with E-state index in [1.807, 2.05) is 18.2 Å². The molecule has 1 aliphatic rings. The number of esters is 1. The molecule has 0 aliphatic heterocycles. The highest BCUT2D eigenvalue weighted by Crippen LogP contribution is 2.31. The number of Topliss-reactive ketones (excluding diaryl/α,β-unsaturated/α-hetero) is 1. The standard InChI is InChI=1S/C14H16O3/c1-17-14(16)12-4-2-3-11(9-12)10-5-7-13(15)8-6-10/h2-4,9-10H,5-8H2,1H3. The number of hydrogen-bond acceptors (Lipinski definition) is 3. The molecule has 0 bridgehead atoms. The van der Waals surface area contributed by atoms with E-state index in [2.05, 4.69) is 0 Å². The maximum absolute atomic E-state index is 11.4. The average molecular weight is 232 g/mol. The first kappa shape index (κ1) is 11.8. The third-order valence-electron chi connectivity index (χ3n) is 3.32. The van der Waals surface area contributed by atoms with E-state index in [-0.39, 0.29) is 5.97 Å². The van der Waals surface area contributed by atoms with Gasteiger partial charge in [-0.15, -0.1) is 0 Å². The monoisotopic (exact) mass is 232 g/mol. The van der Waals surface area contributed by atoms with Crippen molar-refractivity contribution in [3.63, 3.8) is 0 Å². The first-order chi connectivity index (χ1) is 8.20. The second-order valence-electron chi connectivity index (χ2n) is 4.43. The van der Waals surface area contributed by atoms with Crippen molar-refractivity contribution in [3.8, 4) is 0 Å². The van der Waals surface area contributed by atoms with Crippen molar-refractivity contribution in [1.82, 2.24) is 0 Å². The van der Waals surface area contributed by atoms with Crippen LogP contribution in [0.3, 0.4) is 0 Å². The zero-order valence-corrected chi connectivity index (χ0v) is 9.94. The van der Waals surface area contributed by atoms with Crippen LogP contribution < -0.4 is 0 Å². The Kier molecular flexibility index (Phi) is 3.57. The molecule has 1 aromatic carbocycles. The molecule has 0 saturated heterocycles. The van der Waals surface area contributed by atoms with Crippen LogP contribution in [0.2, 0.25) is 0 Å². The van der Waals surface area contributed by atoms with Crippen molar-refractivity contribution < 1.29 is 14.3 Å². The topological polar surface area (TPSA) is 43.4 Å². The lowest BCUT2D eigenvalue weighted by Gasteiger charge is -2.21. The molecular formula is C14H16O3. The molecule has 1 aromatic rings. The van der Waals surface area contributed by atoms with E-state index in [4.69, 9.17) is 4.74 Å². The van der Waals surface area contributed by atoms with Crippen molar-refractivity contribution in [2.75, 3.05) is 7.11 Å². The largest absolute Gasteiger partial charge is 0.465 e. The van der Waals surface area contributed by atoms with Crippen molar-refractivity contribution in [3.05, 3.63) is 35.4 Å². The van der Waals surface area contributed by atoms with Crippen LogP contribution in [0.4, 0.5) is 0 Å². The maximum atomic E-state index is 11.4. The first-order valence-corrected chi connectivity index (χ1v) is 5.90. The van der Waals surface area contributed by atoms with Gasteiger partial charge < -0.3 is 4.74 Å². The molecular weight excluding hydrogens is 216 g/mol. The lowest BCUT2D eigenvalue weighted by atomic mass is 9.83. The van der Waals surface area contributed by atoms with Crippen LogP contribution in [0.25, 0.3) is 0 Å². The molecule has 17 heavy (non-hydrogen) atoms. The number of methoxy groups -OCH3 is 1. The van der Waals surface area contributed by atoms with Crippen LogP contribution in [0.15, 0.2) is 24.3 Å². The fourth-order valence-electron chi connectivity index (χ4n) is 2.31. The Morgan fingerprint density at radius 1 is 1.29 bits per heavy atom. The van der Waals surface area contributed by atoms with Crippen LogP contribution in [0.1, 0.15) is 47.5 Å². The number of rotatable bonds is 2. The average Bonchev–Trinajstić information content (AvgIpc) is 2.39. The molecule has 3 nitrogen and oxygen atoms in total. The molecule has 2 rings (SSSR count). The molecule has 0 aromatic heterocycles. The summed E-state index contributed by atoms with van der Waals surface area (Å²) < 4.78 is 4.70. The molecule has 0 unspecified atom stereocenters. The number of ether oxygens (including phenoxy) is 1. The van der Waals surface area contributed by atoms with Crippen LogP contribution in [-0.4, -0.2) is 18.9 Å². The minimum atomic E-state index is -0.307. The van der Waals surface area contributed by atoms with Gasteiger partial charge in [-0.05, 0) is 36.5 Å². The molecule has 0 heterocycles. The van der Waals surface area contributed by atoms with E-state index < -0.39 is 0 Å². The Bertz CT molecular complexity index is 427. The predicted octanol–water partition coefficient (Wildman–Crippen LogP) is 2.70. The normalized spacial score (nSPS) is 16.9. The van der Waals surface area contributed by atoms with E-state index in [0.29, 0.717) is 30.1 Å². The van der Waals surface area contributed by atoms with Gasteiger partial charge in [0, 0.05) is 12.8 Å². The smallest absolute Gasteiger partial charge is 0.337 e. The van der Waals surface area contributed by atoms with E-state index in [9.17, 15) is 9.59 Å². The van der Waals surface area contributed by atoms with E-state index in [1.165, 1.54) is 7.11 Å². The number of hydrogen-bond donors (Lipinski definition) is 0. The van der Waals surface area contributed by atoms with Gasteiger partial charge in [-0.3, -0.25) is 4.79 Å². The third-order valence-corrected chi connectivity index (χ3v) is 3.32. The summed E-state index contributed by atoms with van der Waals surface area (Å²) in [7, 11) is 1.38. The Labute approximate surface area is 101 Å². The SMILES string of the molecule is COC(=O)c1cccc(C2CCC(=O)CC2)c1. The minimum Gasteiger partial charge on any atom is -0.465 e. The lowest BCUT2D eigenvalue weighted by Crippen LogP contribution is -2.13. The van der Waals surface area contributed by atoms with Gasteiger partial charge >= 0.3 is 5.97 Å². The first-order valence-electron chi connectivity index (χ1n) is 5.90. The highest BCUT2D eigenvalue weighted by molar-refractivity contribution is 5.89. The van der Waals surface area contributed by atoms with Gasteiger partial charge in [0.2, 0.25) is 0 Å². The van der Waals surface area contributed by atoms with E-state index >= 15 is 0 Å². The van der Waals surface area contributed by atoms with Gasteiger partial charge in [-0.1, -0.05) is 12.1 Å². The summed E-state index contributed by atoms with van der Waals surface area (Å²) in [5.74, 6) is 0.446. The fourth-order valence-corrected chi connectivity index (χ4v) is 2.31. The summed E-state index contributed by atoms with van der Waals surface area (Å²) in [5.41, 5.74) is 1.72. The Morgan fingerprint density at radius 2 is 2.00 bits per heavy atom. The predicted molar refractivity (Wildman–Crippen MR) is 64.0 cm³/mol. The molecule has 3 heteroatoms. The van der Waals surface area contributed by atoms with Gasteiger partial charge in [0.25, 0.3) is 0 Å². The summed E-state index contributed by atoms with van der Waals surface area (Å²) in [5, 5.41) is 0. The minimum absolute atomic E-state index is 0.307. The molecule has 1 saturated carbocycles. The number of benzene rings is 1. The highest BCUT2D eigenvalue weighted by atomic mass is 16.5. The van der Waals surface area contributed by atoms with Gasteiger partial charge in [0.05, 0.1) is 12.7 Å². The molecule has 0 amide bonds. The van der Waals surface area contributed by atoms with Crippen molar-refractivity contribution in [1.29, 1.82) is 0 Å².